The molecule has 0 aromatic rings. The van der Waals surface area contributed by atoms with Crippen LogP contribution in [0.3, 0.4) is 0 Å². The first kappa shape index (κ1) is 22.8. The van der Waals surface area contributed by atoms with Crippen LogP contribution in [-0.4, -0.2) is 60.5 Å². The summed E-state index contributed by atoms with van der Waals surface area (Å²) in [6, 6.07) is 0. The van der Waals surface area contributed by atoms with Gasteiger partial charge < -0.3 is 28.7 Å². The SMILES string of the molecule is C#COC(CN1C(=O)C2=C(C=C)N(CC(OC#C)OCC)C(=O)C2=C1C=C)OCC. The second kappa shape index (κ2) is 10.4. The van der Waals surface area contributed by atoms with Gasteiger partial charge in [-0.2, -0.15) is 0 Å². The van der Waals surface area contributed by atoms with Crippen LogP contribution < -0.4 is 0 Å². The molecule has 8 nitrogen and oxygen atoms in total. The highest BCUT2D eigenvalue weighted by Gasteiger charge is 2.47. The smallest absolute Gasteiger partial charge is 0.261 e. The Bertz CT molecular complexity index is 801. The fourth-order valence-electron chi connectivity index (χ4n) is 3.30. The number of hydrogen-bond acceptors (Lipinski definition) is 6. The zero-order chi connectivity index (χ0) is 22.3. The first-order chi connectivity index (χ1) is 14.5. The van der Waals surface area contributed by atoms with Crippen LogP contribution in [0, 0.1) is 25.1 Å². The highest BCUT2D eigenvalue weighted by molar-refractivity contribution is 6.20. The molecule has 0 saturated carbocycles. The van der Waals surface area contributed by atoms with E-state index in [4.69, 9.17) is 31.8 Å². The molecule has 0 aromatic carbocycles. The van der Waals surface area contributed by atoms with E-state index in [0.717, 1.165) is 0 Å². The number of terminal acetylenes is 2. The third kappa shape index (κ3) is 4.25. The van der Waals surface area contributed by atoms with Crippen molar-refractivity contribution in [2.75, 3.05) is 26.3 Å². The van der Waals surface area contributed by atoms with Gasteiger partial charge in [0, 0.05) is 13.2 Å². The fraction of sp³-hybridized carbons (Fsp3) is 0.364. The van der Waals surface area contributed by atoms with E-state index in [9.17, 15) is 9.59 Å². The van der Waals surface area contributed by atoms with Crippen LogP contribution in [0.4, 0.5) is 0 Å². The van der Waals surface area contributed by atoms with Crippen LogP contribution in [0.2, 0.25) is 0 Å². The first-order valence-corrected chi connectivity index (χ1v) is 9.32. The van der Waals surface area contributed by atoms with Crippen molar-refractivity contribution in [3.8, 4) is 25.1 Å². The maximum atomic E-state index is 13.2. The lowest BCUT2D eigenvalue weighted by Crippen LogP contribution is -2.39. The fourth-order valence-corrected chi connectivity index (χ4v) is 3.30. The van der Waals surface area contributed by atoms with Gasteiger partial charge in [-0.25, -0.2) is 0 Å². The van der Waals surface area contributed by atoms with Crippen molar-refractivity contribution in [2.24, 2.45) is 0 Å². The number of hydrogen-bond donors (Lipinski definition) is 0. The summed E-state index contributed by atoms with van der Waals surface area (Å²) in [6.07, 6.45) is 15.6. The Balaban J connectivity index is 2.41. The van der Waals surface area contributed by atoms with Crippen molar-refractivity contribution >= 4 is 11.8 Å². The minimum atomic E-state index is -0.858. The Morgan fingerprint density at radius 1 is 0.867 bits per heavy atom. The van der Waals surface area contributed by atoms with Crippen molar-refractivity contribution in [1.82, 2.24) is 9.80 Å². The maximum Gasteiger partial charge on any atom is 0.261 e. The predicted molar refractivity (Wildman–Crippen MR) is 109 cm³/mol. The van der Waals surface area contributed by atoms with Crippen molar-refractivity contribution < 1.29 is 28.5 Å². The van der Waals surface area contributed by atoms with E-state index in [2.05, 4.69) is 25.4 Å². The number of amides is 2. The zero-order valence-corrected chi connectivity index (χ0v) is 17.1. The molecule has 30 heavy (non-hydrogen) atoms. The molecule has 0 saturated heterocycles. The third-order valence-corrected chi connectivity index (χ3v) is 4.42. The molecule has 2 unspecified atom stereocenters. The quantitative estimate of drug-likeness (QED) is 0.357. The van der Waals surface area contributed by atoms with Crippen molar-refractivity contribution in [1.29, 1.82) is 0 Å². The summed E-state index contributed by atoms with van der Waals surface area (Å²) in [5.41, 5.74) is 1.07. The average molecular weight is 412 g/mol. The summed E-state index contributed by atoms with van der Waals surface area (Å²) >= 11 is 0. The van der Waals surface area contributed by atoms with Gasteiger partial charge in [-0.05, 0) is 26.0 Å². The van der Waals surface area contributed by atoms with Crippen LogP contribution in [0.15, 0.2) is 47.9 Å². The third-order valence-electron chi connectivity index (χ3n) is 4.42. The van der Waals surface area contributed by atoms with Crippen LogP contribution in [0.5, 0.6) is 0 Å². The highest BCUT2D eigenvalue weighted by Crippen LogP contribution is 2.40. The summed E-state index contributed by atoms with van der Waals surface area (Å²) < 4.78 is 21.0. The van der Waals surface area contributed by atoms with Crippen LogP contribution in [0.1, 0.15) is 13.8 Å². The molecular weight excluding hydrogens is 388 g/mol. The Morgan fingerprint density at radius 2 is 1.23 bits per heavy atom. The molecule has 0 bridgehead atoms. The van der Waals surface area contributed by atoms with E-state index in [-0.39, 0.29) is 24.2 Å². The van der Waals surface area contributed by atoms with Crippen LogP contribution >= 0.6 is 0 Å². The number of fused-ring (bicyclic) bond motifs is 1. The van der Waals surface area contributed by atoms with Crippen molar-refractivity contribution in [3.05, 3.63) is 47.9 Å². The number of carbonyl (C=O) groups is 2. The summed E-state index contributed by atoms with van der Waals surface area (Å²) in [5.74, 6) is -0.830. The van der Waals surface area contributed by atoms with Crippen molar-refractivity contribution in [3.63, 3.8) is 0 Å². The van der Waals surface area contributed by atoms with E-state index in [0.29, 0.717) is 24.6 Å². The van der Waals surface area contributed by atoms with Gasteiger partial charge in [0.25, 0.3) is 11.8 Å². The van der Waals surface area contributed by atoms with Gasteiger partial charge in [0.05, 0.1) is 35.6 Å². The van der Waals surface area contributed by atoms with Gasteiger partial charge in [0.15, 0.2) is 0 Å². The van der Waals surface area contributed by atoms with E-state index >= 15 is 0 Å². The molecule has 0 N–H and O–H groups in total. The van der Waals surface area contributed by atoms with E-state index in [1.807, 2.05) is 0 Å². The lowest BCUT2D eigenvalue weighted by atomic mass is 10.1. The van der Waals surface area contributed by atoms with Crippen LogP contribution in [0.25, 0.3) is 0 Å². The van der Waals surface area contributed by atoms with E-state index < -0.39 is 24.4 Å². The molecule has 2 rings (SSSR count). The lowest BCUT2D eigenvalue weighted by Gasteiger charge is -2.26. The number of carbonyl (C=O) groups excluding carboxylic acids is 2. The Morgan fingerprint density at radius 3 is 1.50 bits per heavy atom. The standard InChI is InChI=1S/C22H24N2O6/c1-7-15-19-20(22(26)23(15)13-17(27-9-3)28-10-4)16(8-2)24(21(19)25)14-18(29-11-5)30-12-6/h3,5,7-8,17-18H,1-2,10,12-14H2,4,6H3. The number of rotatable bonds is 12. The minimum absolute atomic E-state index is 0.00922. The monoisotopic (exact) mass is 412 g/mol. The second-order valence-electron chi connectivity index (χ2n) is 6.00. The molecule has 0 spiro atoms. The number of ether oxygens (including phenoxy) is 4. The summed E-state index contributed by atoms with van der Waals surface area (Å²) in [6.45, 7) is 11.7. The molecule has 2 aliphatic heterocycles. The maximum absolute atomic E-state index is 13.2. The highest BCUT2D eigenvalue weighted by atomic mass is 16.7. The van der Waals surface area contributed by atoms with E-state index in [1.165, 1.54) is 22.0 Å². The molecule has 0 radical (unpaired) electrons. The van der Waals surface area contributed by atoms with Gasteiger partial charge >= 0.3 is 0 Å². The molecular formula is C22H24N2O6. The van der Waals surface area contributed by atoms with Gasteiger partial charge in [-0.15, -0.1) is 0 Å². The largest absolute Gasteiger partial charge is 0.413 e. The predicted octanol–water partition coefficient (Wildman–Crippen LogP) is 1.49. The van der Waals surface area contributed by atoms with Gasteiger partial charge in [-0.1, -0.05) is 26.0 Å². The molecule has 2 amide bonds. The second-order valence-corrected chi connectivity index (χ2v) is 6.00. The molecule has 2 heterocycles. The van der Waals surface area contributed by atoms with Crippen LogP contribution in [-0.2, 0) is 28.5 Å². The van der Waals surface area contributed by atoms with Gasteiger partial charge in [0.1, 0.15) is 12.2 Å². The molecule has 8 heteroatoms. The van der Waals surface area contributed by atoms with E-state index in [1.54, 1.807) is 13.8 Å². The van der Waals surface area contributed by atoms with Crippen molar-refractivity contribution in [2.45, 2.75) is 26.4 Å². The Kier molecular flexibility index (Phi) is 7.88. The lowest BCUT2D eigenvalue weighted by molar-refractivity contribution is -0.136. The topological polar surface area (TPSA) is 77.5 Å². The Labute approximate surface area is 176 Å². The number of allylic oxidation sites excluding steroid dienone is 2. The summed E-state index contributed by atoms with van der Waals surface area (Å²) in [7, 11) is 0. The van der Waals surface area contributed by atoms with Gasteiger partial charge in [0.2, 0.25) is 12.6 Å². The number of nitrogens with zero attached hydrogens (tertiary/aromatic N) is 2. The first-order valence-electron chi connectivity index (χ1n) is 9.32. The Hall–Kier alpha value is -3.46. The molecule has 0 aromatic heterocycles. The molecule has 2 aliphatic rings. The summed E-state index contributed by atoms with van der Waals surface area (Å²) in [5, 5.41) is 0. The average Bonchev–Trinajstić information content (AvgIpc) is 3.15. The molecule has 2 atom stereocenters. The normalized spacial score (nSPS) is 17.5. The minimum Gasteiger partial charge on any atom is -0.413 e. The molecule has 0 aliphatic carbocycles. The molecule has 158 valence electrons. The summed E-state index contributed by atoms with van der Waals surface area (Å²) in [4.78, 5) is 29.1. The zero-order valence-electron chi connectivity index (χ0n) is 17.1. The van der Waals surface area contributed by atoms with Gasteiger partial charge in [-0.3, -0.25) is 9.59 Å². The molecule has 0 fully saturated rings.